The lowest BCUT2D eigenvalue weighted by Gasteiger charge is -2.10. The van der Waals surface area contributed by atoms with Gasteiger partial charge in [-0.1, -0.05) is 17.3 Å². The minimum atomic E-state index is -0.139. The molecular weight excluding hydrogens is 332 g/mol. The molecule has 0 fully saturated rings. The molecule has 3 rings (SSSR count). The van der Waals surface area contributed by atoms with Gasteiger partial charge >= 0.3 is 0 Å². The second-order valence-electron chi connectivity index (χ2n) is 5.63. The zero-order chi connectivity index (χ0) is 18.7. The highest BCUT2D eigenvalue weighted by Crippen LogP contribution is 2.33. The summed E-state index contributed by atoms with van der Waals surface area (Å²) in [6, 6.07) is 12.9. The number of carbonyl (C=O) groups is 1. The predicted octanol–water partition coefficient (Wildman–Crippen LogP) is 3.55. The van der Waals surface area contributed by atoms with Gasteiger partial charge in [0.25, 0.3) is 0 Å². The van der Waals surface area contributed by atoms with E-state index in [9.17, 15) is 10.1 Å². The fraction of sp³-hybridized carbons (Fsp3) is 0.158. The largest absolute Gasteiger partial charge is 0.480 e. The first kappa shape index (κ1) is 17.2. The lowest BCUT2D eigenvalue weighted by molar-refractivity contribution is -0.114. The Kier molecular flexibility index (Phi) is 4.67. The van der Waals surface area contributed by atoms with Crippen LogP contribution in [-0.2, 0) is 4.79 Å². The van der Waals surface area contributed by atoms with Crippen LogP contribution in [0.15, 0.2) is 40.9 Å². The Balaban J connectivity index is 2.10. The van der Waals surface area contributed by atoms with E-state index < -0.39 is 0 Å². The van der Waals surface area contributed by atoms with Crippen LogP contribution >= 0.6 is 0 Å². The molecule has 0 radical (unpaired) electrons. The quantitative estimate of drug-likeness (QED) is 0.774. The minimum Gasteiger partial charge on any atom is -0.480 e. The molecule has 2 heterocycles. The third-order valence-electron chi connectivity index (χ3n) is 3.70. The summed E-state index contributed by atoms with van der Waals surface area (Å²) in [5.41, 5.74) is 3.52. The number of nitrogens with one attached hydrogen (secondary N) is 1. The molecule has 7 nitrogen and oxygen atoms in total. The van der Waals surface area contributed by atoms with Crippen molar-refractivity contribution < 1.29 is 14.1 Å². The molecule has 0 aliphatic rings. The molecule has 1 N–H and O–H groups in total. The fourth-order valence-electron chi connectivity index (χ4n) is 2.55. The number of nitriles is 1. The normalized spacial score (nSPS) is 10.2. The smallest absolute Gasteiger partial charge is 0.232 e. The number of ether oxygens (including phenoxy) is 1. The van der Waals surface area contributed by atoms with Crippen molar-refractivity contribution in [2.45, 2.75) is 13.8 Å². The van der Waals surface area contributed by atoms with Crippen LogP contribution < -0.4 is 10.1 Å². The molecule has 2 aromatic heterocycles. The van der Waals surface area contributed by atoms with Gasteiger partial charge in [-0.15, -0.1) is 0 Å². The highest BCUT2D eigenvalue weighted by atomic mass is 16.5. The van der Waals surface area contributed by atoms with Crippen LogP contribution in [0.3, 0.4) is 0 Å². The van der Waals surface area contributed by atoms with Crippen molar-refractivity contribution in [3.8, 4) is 34.5 Å². The summed E-state index contributed by atoms with van der Waals surface area (Å²) >= 11 is 0. The SMILES string of the molecule is COc1nc(-c2ccc(NC(C)=O)cc2)cc(-c2cc(C)on2)c1C#N. The minimum absolute atomic E-state index is 0.139. The Morgan fingerprint density at radius 3 is 2.50 bits per heavy atom. The van der Waals surface area contributed by atoms with Crippen LogP contribution in [0.25, 0.3) is 22.5 Å². The average molecular weight is 348 g/mol. The first-order chi connectivity index (χ1) is 12.5. The van der Waals surface area contributed by atoms with Crippen LogP contribution in [0.2, 0.25) is 0 Å². The lowest BCUT2D eigenvalue weighted by atomic mass is 10.0. The zero-order valence-electron chi connectivity index (χ0n) is 14.5. The molecule has 3 aromatic rings. The summed E-state index contributed by atoms with van der Waals surface area (Å²) in [6.45, 7) is 3.23. The maximum Gasteiger partial charge on any atom is 0.232 e. The Hall–Kier alpha value is -3.66. The molecule has 0 atom stereocenters. The zero-order valence-corrected chi connectivity index (χ0v) is 14.5. The van der Waals surface area contributed by atoms with Crippen LogP contribution in [0.5, 0.6) is 5.88 Å². The van der Waals surface area contributed by atoms with E-state index in [1.807, 2.05) is 12.1 Å². The molecule has 1 aromatic carbocycles. The van der Waals surface area contributed by atoms with E-state index in [4.69, 9.17) is 9.26 Å². The molecule has 0 unspecified atom stereocenters. The van der Waals surface area contributed by atoms with E-state index in [-0.39, 0.29) is 11.8 Å². The molecular formula is C19H16N4O3. The standard InChI is InChI=1S/C19H16N4O3/c1-11-8-18(23-26-11)15-9-17(22-19(25-3)16(15)10-20)13-4-6-14(7-5-13)21-12(2)24/h4-9H,1-3H3,(H,21,24). The van der Waals surface area contributed by atoms with Crippen LogP contribution in [-0.4, -0.2) is 23.2 Å². The van der Waals surface area contributed by atoms with E-state index in [0.29, 0.717) is 34.0 Å². The summed E-state index contributed by atoms with van der Waals surface area (Å²) in [5, 5.41) is 16.2. The summed E-state index contributed by atoms with van der Waals surface area (Å²) < 4.78 is 10.4. The molecule has 1 amide bonds. The number of carbonyl (C=O) groups excluding carboxylic acids is 1. The highest BCUT2D eigenvalue weighted by molar-refractivity contribution is 5.89. The Bertz CT molecular complexity index is 1000. The van der Waals surface area contributed by atoms with Crippen LogP contribution in [0.4, 0.5) is 5.69 Å². The van der Waals surface area contributed by atoms with Crippen molar-refractivity contribution in [3.63, 3.8) is 0 Å². The third kappa shape index (κ3) is 3.39. The first-order valence-electron chi connectivity index (χ1n) is 7.82. The maximum absolute atomic E-state index is 11.1. The number of pyridine rings is 1. The molecule has 130 valence electrons. The van der Waals surface area contributed by atoms with E-state index in [0.717, 1.165) is 5.56 Å². The predicted molar refractivity (Wildman–Crippen MR) is 95.5 cm³/mol. The van der Waals surface area contributed by atoms with Gasteiger partial charge in [-0.05, 0) is 25.1 Å². The number of rotatable bonds is 4. The molecule has 26 heavy (non-hydrogen) atoms. The molecule has 0 bridgehead atoms. The maximum atomic E-state index is 11.1. The number of methoxy groups -OCH3 is 1. The third-order valence-corrected chi connectivity index (χ3v) is 3.70. The number of amides is 1. The highest BCUT2D eigenvalue weighted by Gasteiger charge is 2.18. The van der Waals surface area contributed by atoms with Gasteiger partial charge in [0.2, 0.25) is 11.8 Å². The lowest BCUT2D eigenvalue weighted by Crippen LogP contribution is -2.05. The number of hydrogen-bond donors (Lipinski definition) is 1. The van der Waals surface area contributed by atoms with Crippen molar-refractivity contribution in [1.29, 1.82) is 5.26 Å². The van der Waals surface area contributed by atoms with Gasteiger partial charge < -0.3 is 14.6 Å². The van der Waals surface area contributed by atoms with Gasteiger partial charge in [-0.2, -0.15) is 5.26 Å². The number of hydrogen-bond acceptors (Lipinski definition) is 6. The monoisotopic (exact) mass is 348 g/mol. The number of nitrogens with zero attached hydrogens (tertiary/aromatic N) is 3. The van der Waals surface area contributed by atoms with Crippen LogP contribution in [0, 0.1) is 18.3 Å². The van der Waals surface area contributed by atoms with Gasteiger partial charge in [-0.3, -0.25) is 4.79 Å². The van der Waals surface area contributed by atoms with Crippen molar-refractivity contribution in [2.75, 3.05) is 12.4 Å². The topological polar surface area (TPSA) is 101 Å². The average Bonchev–Trinajstić information content (AvgIpc) is 3.07. The Labute approximate surface area is 150 Å². The summed E-state index contributed by atoms with van der Waals surface area (Å²) in [7, 11) is 1.46. The van der Waals surface area contributed by atoms with Gasteiger partial charge in [0.1, 0.15) is 23.1 Å². The van der Waals surface area contributed by atoms with Crippen molar-refractivity contribution in [2.24, 2.45) is 0 Å². The van der Waals surface area contributed by atoms with Crippen molar-refractivity contribution in [3.05, 3.63) is 47.7 Å². The molecule has 0 aliphatic heterocycles. The number of aryl methyl sites for hydroxylation is 1. The van der Waals surface area contributed by atoms with Crippen molar-refractivity contribution in [1.82, 2.24) is 10.1 Å². The molecule has 7 heteroatoms. The van der Waals surface area contributed by atoms with Gasteiger partial charge in [0.05, 0.1) is 12.8 Å². The van der Waals surface area contributed by atoms with Crippen molar-refractivity contribution >= 4 is 11.6 Å². The second kappa shape index (κ2) is 7.07. The number of aromatic nitrogens is 2. The summed E-state index contributed by atoms with van der Waals surface area (Å²) in [5.74, 6) is 0.715. The molecule has 0 aliphatic carbocycles. The van der Waals surface area contributed by atoms with E-state index in [1.165, 1.54) is 14.0 Å². The van der Waals surface area contributed by atoms with Gasteiger partial charge in [0, 0.05) is 29.8 Å². The summed E-state index contributed by atoms with van der Waals surface area (Å²) in [6.07, 6.45) is 0. The molecule has 0 saturated heterocycles. The number of benzene rings is 1. The first-order valence-corrected chi connectivity index (χ1v) is 7.82. The Morgan fingerprint density at radius 2 is 1.96 bits per heavy atom. The van der Waals surface area contributed by atoms with Gasteiger partial charge in [0.15, 0.2) is 0 Å². The Morgan fingerprint density at radius 1 is 1.23 bits per heavy atom. The van der Waals surface area contributed by atoms with E-state index >= 15 is 0 Å². The fourth-order valence-corrected chi connectivity index (χ4v) is 2.55. The molecule has 0 spiro atoms. The van der Waals surface area contributed by atoms with E-state index in [1.54, 1.807) is 31.2 Å². The molecule has 0 saturated carbocycles. The second-order valence-corrected chi connectivity index (χ2v) is 5.63. The van der Waals surface area contributed by atoms with E-state index in [2.05, 4.69) is 21.5 Å². The summed E-state index contributed by atoms with van der Waals surface area (Å²) in [4.78, 5) is 15.6. The number of anilines is 1. The van der Waals surface area contributed by atoms with Gasteiger partial charge in [-0.25, -0.2) is 4.98 Å². The van der Waals surface area contributed by atoms with Crippen LogP contribution in [0.1, 0.15) is 18.2 Å².